The third kappa shape index (κ3) is 7.86. The Labute approximate surface area is 187 Å². The second-order valence-corrected chi connectivity index (χ2v) is 6.84. The lowest BCUT2D eigenvalue weighted by atomic mass is 10.1. The number of carbonyl (C=O) groups excluding carboxylic acids is 4. The van der Waals surface area contributed by atoms with E-state index < -0.39 is 23.9 Å². The van der Waals surface area contributed by atoms with E-state index in [-0.39, 0.29) is 38.4 Å². The second kappa shape index (κ2) is 12.9. The lowest BCUT2D eigenvalue weighted by Gasteiger charge is -2.17. The molecule has 32 heavy (non-hydrogen) atoms. The fraction of sp³-hybridized carbons (Fsp3) is 0.333. The van der Waals surface area contributed by atoms with Gasteiger partial charge >= 0.3 is 11.9 Å². The number of nitrogens with one attached hydrogen (secondary N) is 2. The van der Waals surface area contributed by atoms with E-state index in [1.807, 2.05) is 6.07 Å². The highest BCUT2D eigenvalue weighted by molar-refractivity contribution is 5.99. The molecule has 0 saturated carbocycles. The smallest absolute Gasteiger partial charge is 0.328 e. The highest BCUT2D eigenvalue weighted by atomic mass is 16.5. The summed E-state index contributed by atoms with van der Waals surface area (Å²) in [4.78, 5) is 48.5. The molecule has 0 radical (unpaired) electrons. The van der Waals surface area contributed by atoms with Crippen molar-refractivity contribution in [2.45, 2.75) is 32.7 Å². The molecule has 0 fully saturated rings. The molecule has 8 heteroatoms. The fourth-order valence-electron chi connectivity index (χ4n) is 2.88. The summed E-state index contributed by atoms with van der Waals surface area (Å²) in [5, 5.41) is 5.63. The molecule has 2 rings (SSSR count). The Hall–Kier alpha value is -3.68. The number of benzene rings is 2. The molecule has 0 spiro atoms. The van der Waals surface area contributed by atoms with Crippen LogP contribution < -0.4 is 10.6 Å². The van der Waals surface area contributed by atoms with Crippen LogP contribution >= 0.6 is 0 Å². The first kappa shape index (κ1) is 24.6. The van der Waals surface area contributed by atoms with Gasteiger partial charge in [0.1, 0.15) is 6.04 Å². The molecule has 1 atom stereocenters. The van der Waals surface area contributed by atoms with Crippen LogP contribution in [0.2, 0.25) is 0 Å². The fourth-order valence-corrected chi connectivity index (χ4v) is 2.88. The van der Waals surface area contributed by atoms with Crippen LogP contribution in [0.15, 0.2) is 54.6 Å². The number of ether oxygens (including phenoxy) is 2. The molecule has 2 aromatic rings. The highest BCUT2D eigenvalue weighted by Gasteiger charge is 2.24. The summed E-state index contributed by atoms with van der Waals surface area (Å²) in [5.74, 6) is -1.58. The maximum absolute atomic E-state index is 12.6. The summed E-state index contributed by atoms with van der Waals surface area (Å²) in [7, 11) is 0. The second-order valence-electron chi connectivity index (χ2n) is 6.84. The van der Waals surface area contributed by atoms with Gasteiger partial charge in [-0.05, 0) is 44.5 Å². The van der Waals surface area contributed by atoms with E-state index in [9.17, 15) is 19.2 Å². The van der Waals surface area contributed by atoms with Gasteiger partial charge in [0, 0.05) is 23.2 Å². The van der Waals surface area contributed by atoms with E-state index in [1.54, 1.807) is 62.4 Å². The number of carbonyl (C=O) groups is 4. The first-order valence-corrected chi connectivity index (χ1v) is 10.5. The van der Waals surface area contributed by atoms with Gasteiger partial charge in [-0.1, -0.05) is 30.3 Å². The van der Waals surface area contributed by atoms with Crippen molar-refractivity contribution in [2.75, 3.05) is 25.1 Å². The number of anilines is 1. The molecule has 1 amide bonds. The van der Waals surface area contributed by atoms with Crippen molar-refractivity contribution in [1.82, 2.24) is 5.32 Å². The Morgan fingerprint density at radius 1 is 0.844 bits per heavy atom. The van der Waals surface area contributed by atoms with Gasteiger partial charge in [0.25, 0.3) is 5.91 Å². The van der Waals surface area contributed by atoms with Gasteiger partial charge in [-0.2, -0.15) is 0 Å². The maximum Gasteiger partial charge on any atom is 0.328 e. The van der Waals surface area contributed by atoms with E-state index >= 15 is 0 Å². The predicted molar refractivity (Wildman–Crippen MR) is 119 cm³/mol. The van der Waals surface area contributed by atoms with Crippen molar-refractivity contribution in [3.8, 4) is 0 Å². The van der Waals surface area contributed by atoms with Gasteiger partial charge in [-0.25, -0.2) is 4.79 Å². The Morgan fingerprint density at radius 2 is 1.50 bits per heavy atom. The number of amides is 1. The molecule has 0 aliphatic heterocycles. The molecular weight excluding hydrogens is 412 g/mol. The normalized spacial score (nSPS) is 11.2. The van der Waals surface area contributed by atoms with Crippen LogP contribution in [0.25, 0.3) is 0 Å². The number of rotatable bonds is 12. The largest absolute Gasteiger partial charge is 0.466 e. The van der Waals surface area contributed by atoms with E-state index in [2.05, 4.69) is 10.6 Å². The number of ketones is 1. The molecule has 2 N–H and O–H groups in total. The highest BCUT2D eigenvalue weighted by Crippen LogP contribution is 2.11. The lowest BCUT2D eigenvalue weighted by Crippen LogP contribution is -2.42. The standard InChI is InChI=1S/C24H28N2O6/c1-3-31-22(28)15-14-20(24(30)32-4-2)26-23(29)18-10-12-19(13-11-18)25-16-21(27)17-8-6-5-7-9-17/h5-13,20,25H,3-4,14-16H2,1-2H3,(H,26,29)/t20-/m1/s1. The van der Waals surface area contributed by atoms with Crippen LogP contribution in [0.3, 0.4) is 0 Å². The van der Waals surface area contributed by atoms with Gasteiger partial charge < -0.3 is 20.1 Å². The summed E-state index contributed by atoms with van der Waals surface area (Å²) in [6, 6.07) is 14.5. The Kier molecular flexibility index (Phi) is 9.90. The maximum atomic E-state index is 12.6. The van der Waals surface area contributed by atoms with Crippen LogP contribution in [0.5, 0.6) is 0 Å². The van der Waals surface area contributed by atoms with Crippen molar-refractivity contribution in [1.29, 1.82) is 0 Å². The minimum Gasteiger partial charge on any atom is -0.466 e. The summed E-state index contributed by atoms with van der Waals surface area (Å²) >= 11 is 0. The SMILES string of the molecule is CCOC(=O)CC[C@@H](NC(=O)c1ccc(NCC(=O)c2ccccc2)cc1)C(=O)OCC. The number of hydrogen-bond donors (Lipinski definition) is 2. The third-order valence-corrected chi connectivity index (χ3v) is 4.51. The summed E-state index contributed by atoms with van der Waals surface area (Å²) < 4.78 is 9.86. The van der Waals surface area contributed by atoms with Gasteiger partial charge in [0.2, 0.25) is 0 Å². The molecule has 2 aromatic carbocycles. The lowest BCUT2D eigenvalue weighted by molar-refractivity contribution is -0.146. The molecule has 0 heterocycles. The topological polar surface area (TPSA) is 111 Å². The zero-order chi connectivity index (χ0) is 23.3. The zero-order valence-electron chi connectivity index (χ0n) is 18.3. The summed E-state index contributed by atoms with van der Waals surface area (Å²) in [6.45, 7) is 3.88. The molecular formula is C24H28N2O6. The molecule has 0 aliphatic rings. The van der Waals surface area contributed by atoms with Gasteiger partial charge in [-0.3, -0.25) is 14.4 Å². The quantitative estimate of drug-likeness (QED) is 0.386. The Morgan fingerprint density at radius 3 is 2.12 bits per heavy atom. The summed E-state index contributed by atoms with van der Waals surface area (Å²) in [5.41, 5.74) is 1.62. The number of Topliss-reactive ketones (excluding diaryl/α,β-unsaturated/α-hetero) is 1. The van der Waals surface area contributed by atoms with Crippen LogP contribution in [-0.4, -0.2) is 49.4 Å². The van der Waals surface area contributed by atoms with E-state index in [4.69, 9.17) is 9.47 Å². The minimum atomic E-state index is -0.965. The zero-order valence-corrected chi connectivity index (χ0v) is 18.3. The summed E-state index contributed by atoms with van der Waals surface area (Å²) in [6.07, 6.45) is 0.0561. The van der Waals surface area contributed by atoms with Crippen molar-refractivity contribution < 1.29 is 28.7 Å². The number of hydrogen-bond acceptors (Lipinski definition) is 7. The number of esters is 2. The van der Waals surface area contributed by atoms with Crippen molar-refractivity contribution in [3.05, 3.63) is 65.7 Å². The molecule has 0 unspecified atom stereocenters. The molecule has 0 aliphatic carbocycles. The van der Waals surface area contributed by atoms with E-state index in [0.717, 1.165) is 0 Å². The average molecular weight is 440 g/mol. The van der Waals surface area contributed by atoms with Crippen LogP contribution in [0, 0.1) is 0 Å². The molecule has 0 aromatic heterocycles. The molecule has 8 nitrogen and oxygen atoms in total. The Bertz CT molecular complexity index is 912. The van der Waals surface area contributed by atoms with Crippen LogP contribution in [-0.2, 0) is 19.1 Å². The first-order valence-electron chi connectivity index (χ1n) is 10.5. The van der Waals surface area contributed by atoms with Crippen LogP contribution in [0.1, 0.15) is 47.4 Å². The van der Waals surface area contributed by atoms with E-state index in [0.29, 0.717) is 16.8 Å². The van der Waals surface area contributed by atoms with E-state index in [1.165, 1.54) is 0 Å². The van der Waals surface area contributed by atoms with Crippen LogP contribution in [0.4, 0.5) is 5.69 Å². The van der Waals surface area contributed by atoms with Gasteiger partial charge in [0.05, 0.1) is 19.8 Å². The average Bonchev–Trinajstić information content (AvgIpc) is 2.81. The van der Waals surface area contributed by atoms with Gasteiger partial charge in [0.15, 0.2) is 5.78 Å². The van der Waals surface area contributed by atoms with Gasteiger partial charge in [-0.15, -0.1) is 0 Å². The first-order chi connectivity index (χ1) is 15.4. The van der Waals surface area contributed by atoms with Crippen molar-refractivity contribution in [2.24, 2.45) is 0 Å². The Balaban J connectivity index is 1.94. The molecule has 0 saturated heterocycles. The van der Waals surface area contributed by atoms with Crippen molar-refractivity contribution >= 4 is 29.3 Å². The minimum absolute atomic E-state index is 0.0180. The molecule has 170 valence electrons. The predicted octanol–water partition coefficient (Wildman–Crippen LogP) is 2.99. The molecule has 0 bridgehead atoms. The monoisotopic (exact) mass is 440 g/mol. The van der Waals surface area contributed by atoms with Crippen molar-refractivity contribution in [3.63, 3.8) is 0 Å². The third-order valence-electron chi connectivity index (χ3n) is 4.51.